The number of amides is 1. The van der Waals surface area contributed by atoms with E-state index in [1.165, 1.54) is 16.2 Å². The number of benzene rings is 1. The summed E-state index contributed by atoms with van der Waals surface area (Å²) >= 11 is 7.39. The van der Waals surface area contributed by atoms with E-state index < -0.39 is 0 Å². The molecule has 106 valence electrons. The molecule has 4 nitrogen and oxygen atoms in total. The molecule has 0 saturated heterocycles. The van der Waals surface area contributed by atoms with Gasteiger partial charge in [-0.15, -0.1) is 11.3 Å². The highest BCUT2D eigenvalue weighted by Crippen LogP contribution is 2.38. The fourth-order valence-electron chi connectivity index (χ4n) is 2.53. The second-order valence-corrected chi connectivity index (χ2v) is 6.44. The lowest BCUT2D eigenvalue weighted by atomic mass is 10.1. The van der Waals surface area contributed by atoms with E-state index in [-0.39, 0.29) is 5.91 Å². The minimum absolute atomic E-state index is 0.305. The summed E-state index contributed by atoms with van der Waals surface area (Å²) in [6, 6.07) is 6.90. The second-order valence-electron chi connectivity index (χ2n) is 4.90. The van der Waals surface area contributed by atoms with Gasteiger partial charge in [-0.2, -0.15) is 5.26 Å². The van der Waals surface area contributed by atoms with E-state index >= 15 is 0 Å². The average Bonchev–Trinajstić information content (AvgIpc) is 2.97. The SMILES string of the molecule is N#Cc1c(NC(=O)c2cc(N)cc(Cl)c2)sc2c1CCC2. The maximum atomic E-state index is 12.3. The Morgan fingerprint density at radius 2 is 2.19 bits per heavy atom. The number of nitrogens with two attached hydrogens (primary N) is 1. The standard InChI is InChI=1S/C15H12ClN3OS/c16-9-4-8(5-10(18)6-9)14(20)19-15-12(7-17)11-2-1-3-13(11)21-15/h4-6H,1-3,18H2,(H,19,20). The number of carbonyl (C=O) groups excluding carboxylic acids is 1. The van der Waals surface area contributed by atoms with Gasteiger partial charge in [0, 0.05) is 21.2 Å². The molecule has 1 aliphatic rings. The first-order valence-corrected chi connectivity index (χ1v) is 7.70. The van der Waals surface area contributed by atoms with Crippen LogP contribution in [0.25, 0.3) is 0 Å². The minimum atomic E-state index is -0.305. The maximum Gasteiger partial charge on any atom is 0.256 e. The first kappa shape index (κ1) is 13.9. The molecule has 3 rings (SSSR count). The van der Waals surface area contributed by atoms with Gasteiger partial charge in [-0.1, -0.05) is 11.6 Å². The number of anilines is 2. The topological polar surface area (TPSA) is 78.9 Å². The van der Waals surface area contributed by atoms with Gasteiger partial charge in [0.15, 0.2) is 0 Å². The lowest BCUT2D eigenvalue weighted by Gasteiger charge is -2.05. The number of nitrogens with zero attached hydrogens (tertiary/aromatic N) is 1. The van der Waals surface area contributed by atoms with Crippen LogP contribution in [0.3, 0.4) is 0 Å². The zero-order chi connectivity index (χ0) is 15.0. The van der Waals surface area contributed by atoms with Gasteiger partial charge >= 0.3 is 0 Å². The van der Waals surface area contributed by atoms with Crippen LogP contribution >= 0.6 is 22.9 Å². The monoisotopic (exact) mass is 317 g/mol. The van der Waals surface area contributed by atoms with Crippen molar-refractivity contribution >= 4 is 39.5 Å². The Balaban J connectivity index is 1.90. The molecule has 2 aromatic rings. The van der Waals surface area contributed by atoms with Crippen molar-refractivity contribution in [3.8, 4) is 6.07 Å². The van der Waals surface area contributed by atoms with Crippen LogP contribution in [0.5, 0.6) is 0 Å². The summed E-state index contributed by atoms with van der Waals surface area (Å²) in [5.41, 5.74) is 8.19. The van der Waals surface area contributed by atoms with Crippen molar-refractivity contribution in [3.63, 3.8) is 0 Å². The third kappa shape index (κ3) is 2.60. The van der Waals surface area contributed by atoms with Crippen molar-refractivity contribution in [1.29, 1.82) is 5.26 Å². The highest BCUT2D eigenvalue weighted by atomic mass is 35.5. The lowest BCUT2D eigenvalue weighted by molar-refractivity contribution is 0.102. The quantitative estimate of drug-likeness (QED) is 0.831. The van der Waals surface area contributed by atoms with E-state index in [9.17, 15) is 10.1 Å². The summed E-state index contributed by atoms with van der Waals surface area (Å²) < 4.78 is 0. The summed E-state index contributed by atoms with van der Waals surface area (Å²) in [4.78, 5) is 13.5. The van der Waals surface area contributed by atoms with Crippen molar-refractivity contribution in [2.24, 2.45) is 0 Å². The molecule has 0 unspecified atom stereocenters. The van der Waals surface area contributed by atoms with Gasteiger partial charge in [0.2, 0.25) is 0 Å². The molecule has 6 heteroatoms. The largest absolute Gasteiger partial charge is 0.399 e. The average molecular weight is 318 g/mol. The summed E-state index contributed by atoms with van der Waals surface area (Å²) in [6.07, 6.45) is 2.97. The summed E-state index contributed by atoms with van der Waals surface area (Å²) in [6.45, 7) is 0. The lowest BCUT2D eigenvalue weighted by Crippen LogP contribution is -2.12. The minimum Gasteiger partial charge on any atom is -0.399 e. The van der Waals surface area contributed by atoms with Crippen molar-refractivity contribution < 1.29 is 4.79 Å². The number of hydrogen-bond donors (Lipinski definition) is 2. The number of fused-ring (bicyclic) bond motifs is 1. The highest BCUT2D eigenvalue weighted by molar-refractivity contribution is 7.16. The number of halogens is 1. The molecule has 1 aliphatic carbocycles. The zero-order valence-corrected chi connectivity index (χ0v) is 12.6. The molecular formula is C15H12ClN3OS. The van der Waals surface area contributed by atoms with E-state index in [1.54, 1.807) is 18.2 Å². The number of hydrogen-bond acceptors (Lipinski definition) is 4. The van der Waals surface area contributed by atoms with Gasteiger partial charge in [-0.05, 0) is 43.0 Å². The predicted octanol–water partition coefficient (Wildman–Crippen LogP) is 3.60. The Morgan fingerprint density at radius 1 is 1.38 bits per heavy atom. The number of rotatable bonds is 2. The van der Waals surface area contributed by atoms with E-state index in [0.717, 1.165) is 24.8 Å². The molecule has 1 aromatic carbocycles. The first-order chi connectivity index (χ1) is 10.1. The molecular weight excluding hydrogens is 306 g/mol. The number of nitrogen functional groups attached to an aromatic ring is 1. The Labute approximate surface area is 131 Å². The Kier molecular flexibility index (Phi) is 3.58. The molecule has 21 heavy (non-hydrogen) atoms. The highest BCUT2D eigenvalue weighted by Gasteiger charge is 2.23. The van der Waals surface area contributed by atoms with Gasteiger partial charge in [-0.3, -0.25) is 4.79 Å². The fraction of sp³-hybridized carbons (Fsp3) is 0.200. The third-order valence-corrected chi connectivity index (χ3v) is 4.87. The normalized spacial score (nSPS) is 12.8. The van der Waals surface area contributed by atoms with E-state index in [2.05, 4.69) is 11.4 Å². The van der Waals surface area contributed by atoms with Gasteiger partial charge in [-0.25, -0.2) is 0 Å². The molecule has 1 heterocycles. The predicted molar refractivity (Wildman–Crippen MR) is 84.9 cm³/mol. The van der Waals surface area contributed by atoms with Crippen molar-refractivity contribution in [2.75, 3.05) is 11.1 Å². The van der Waals surface area contributed by atoms with Crippen LogP contribution in [0.2, 0.25) is 5.02 Å². The maximum absolute atomic E-state index is 12.3. The van der Waals surface area contributed by atoms with Crippen LogP contribution in [0.15, 0.2) is 18.2 Å². The fourth-order valence-corrected chi connectivity index (χ4v) is 4.01. The van der Waals surface area contributed by atoms with Crippen LogP contribution < -0.4 is 11.1 Å². The van der Waals surface area contributed by atoms with Crippen molar-refractivity contribution in [3.05, 3.63) is 44.8 Å². The smallest absolute Gasteiger partial charge is 0.256 e. The number of aryl methyl sites for hydroxylation is 1. The van der Waals surface area contributed by atoms with Crippen molar-refractivity contribution in [1.82, 2.24) is 0 Å². The van der Waals surface area contributed by atoms with Crippen LogP contribution in [0.4, 0.5) is 10.7 Å². The molecule has 0 fully saturated rings. The van der Waals surface area contributed by atoms with Gasteiger partial charge < -0.3 is 11.1 Å². The van der Waals surface area contributed by atoms with Gasteiger partial charge in [0.1, 0.15) is 11.1 Å². The molecule has 1 amide bonds. The molecule has 0 aliphatic heterocycles. The van der Waals surface area contributed by atoms with Gasteiger partial charge in [0.05, 0.1) is 5.56 Å². The number of nitriles is 1. The van der Waals surface area contributed by atoms with Crippen LogP contribution in [0.1, 0.15) is 32.8 Å². The Bertz CT molecular complexity index is 756. The molecule has 3 N–H and O–H groups in total. The molecule has 0 saturated carbocycles. The summed E-state index contributed by atoms with van der Waals surface area (Å²) in [5.74, 6) is -0.305. The molecule has 0 radical (unpaired) electrons. The second kappa shape index (κ2) is 5.40. The number of nitrogens with one attached hydrogen (secondary N) is 1. The van der Waals surface area contributed by atoms with E-state index in [0.29, 0.717) is 26.8 Å². The zero-order valence-electron chi connectivity index (χ0n) is 11.1. The van der Waals surface area contributed by atoms with Gasteiger partial charge in [0.25, 0.3) is 5.91 Å². The van der Waals surface area contributed by atoms with Crippen LogP contribution in [-0.4, -0.2) is 5.91 Å². The Morgan fingerprint density at radius 3 is 2.90 bits per heavy atom. The van der Waals surface area contributed by atoms with E-state index in [1.807, 2.05) is 0 Å². The molecule has 0 bridgehead atoms. The van der Waals surface area contributed by atoms with Crippen molar-refractivity contribution in [2.45, 2.75) is 19.3 Å². The van der Waals surface area contributed by atoms with Crippen LogP contribution in [0, 0.1) is 11.3 Å². The Hall–Kier alpha value is -2.03. The van der Waals surface area contributed by atoms with E-state index in [4.69, 9.17) is 17.3 Å². The summed E-state index contributed by atoms with van der Waals surface area (Å²) in [7, 11) is 0. The third-order valence-electron chi connectivity index (χ3n) is 3.44. The molecule has 1 aromatic heterocycles. The molecule has 0 atom stereocenters. The molecule has 0 spiro atoms. The van der Waals surface area contributed by atoms with Crippen LogP contribution in [-0.2, 0) is 12.8 Å². The summed E-state index contributed by atoms with van der Waals surface area (Å²) in [5, 5.41) is 13.1. The number of carbonyl (C=O) groups is 1. The number of thiophene rings is 1. The first-order valence-electron chi connectivity index (χ1n) is 6.50.